The molecule has 0 spiro atoms. The Hall–Kier alpha value is -2.39. The average Bonchev–Trinajstić information content (AvgIpc) is 2.74. The van der Waals surface area contributed by atoms with Crippen LogP contribution in [0.15, 0.2) is 59.1 Å². The Morgan fingerprint density at radius 2 is 1.59 bits per heavy atom. The van der Waals surface area contributed by atoms with Gasteiger partial charge in [-0.1, -0.05) is 56.3 Å². The normalized spacial score (nSPS) is 12.3. The molecule has 2 aromatic rings. The zero-order chi connectivity index (χ0) is 23.9. The van der Waals surface area contributed by atoms with Crippen molar-refractivity contribution < 1.29 is 18.0 Å². The Balaban J connectivity index is 2.35. The summed E-state index contributed by atoms with van der Waals surface area (Å²) in [7, 11) is -3.75. The molecule has 2 amide bonds. The van der Waals surface area contributed by atoms with Gasteiger partial charge >= 0.3 is 0 Å². The largest absolute Gasteiger partial charge is 0.354 e. The molecule has 0 heterocycles. The van der Waals surface area contributed by atoms with Gasteiger partial charge < -0.3 is 10.2 Å². The third-order valence-electron chi connectivity index (χ3n) is 4.85. The molecule has 1 N–H and O–H groups in total. The molecule has 1 atom stereocenters. The summed E-state index contributed by atoms with van der Waals surface area (Å²) in [5.41, 5.74) is 1.20. The monoisotopic (exact) mass is 523 g/mol. The first-order chi connectivity index (χ1) is 15.0. The van der Waals surface area contributed by atoms with Crippen molar-refractivity contribution in [2.75, 3.05) is 23.7 Å². The number of nitrogens with zero attached hydrogens (tertiary/aromatic N) is 2. The first kappa shape index (κ1) is 25.9. The van der Waals surface area contributed by atoms with Crippen molar-refractivity contribution in [2.45, 2.75) is 33.4 Å². The van der Waals surface area contributed by atoms with Crippen LogP contribution < -0.4 is 9.62 Å². The zero-order valence-electron chi connectivity index (χ0n) is 18.8. The number of halogens is 1. The van der Waals surface area contributed by atoms with Crippen LogP contribution in [-0.2, 0) is 26.2 Å². The first-order valence-corrected chi connectivity index (χ1v) is 13.0. The second-order valence-corrected chi connectivity index (χ2v) is 10.8. The predicted octanol–water partition coefficient (Wildman–Crippen LogP) is 3.40. The molecule has 2 rings (SSSR count). The van der Waals surface area contributed by atoms with Crippen molar-refractivity contribution >= 4 is 43.5 Å². The lowest BCUT2D eigenvalue weighted by atomic mass is 10.1. The number of hydrogen-bond donors (Lipinski definition) is 1. The third kappa shape index (κ3) is 7.34. The Morgan fingerprint density at radius 1 is 1.00 bits per heavy atom. The summed E-state index contributed by atoms with van der Waals surface area (Å²) in [5.74, 6) is -0.488. The Kier molecular flexibility index (Phi) is 9.27. The maximum Gasteiger partial charge on any atom is 0.244 e. The molecule has 0 radical (unpaired) electrons. The average molecular weight is 524 g/mol. The summed E-state index contributed by atoms with van der Waals surface area (Å²) in [6, 6.07) is 15.3. The molecule has 0 bridgehead atoms. The van der Waals surface area contributed by atoms with Gasteiger partial charge in [0.25, 0.3) is 0 Å². The fourth-order valence-corrected chi connectivity index (χ4v) is 4.54. The van der Waals surface area contributed by atoms with Crippen LogP contribution in [0.4, 0.5) is 5.69 Å². The number of benzene rings is 2. The predicted molar refractivity (Wildman–Crippen MR) is 131 cm³/mol. The van der Waals surface area contributed by atoms with Gasteiger partial charge in [0.15, 0.2) is 0 Å². The highest BCUT2D eigenvalue weighted by atomic mass is 79.9. The molecule has 0 saturated heterocycles. The van der Waals surface area contributed by atoms with Gasteiger partial charge in [-0.25, -0.2) is 8.42 Å². The van der Waals surface area contributed by atoms with Crippen LogP contribution in [0, 0.1) is 5.92 Å². The molecule has 7 nitrogen and oxygen atoms in total. The van der Waals surface area contributed by atoms with Crippen molar-refractivity contribution in [1.82, 2.24) is 10.2 Å². The number of anilines is 1. The molecule has 32 heavy (non-hydrogen) atoms. The molecule has 0 fully saturated rings. The molecule has 174 valence electrons. The van der Waals surface area contributed by atoms with E-state index in [1.165, 1.54) is 4.90 Å². The van der Waals surface area contributed by atoms with Gasteiger partial charge in [0.1, 0.15) is 12.6 Å². The maximum absolute atomic E-state index is 13.4. The molecule has 0 aliphatic rings. The number of hydrogen-bond acceptors (Lipinski definition) is 4. The van der Waals surface area contributed by atoms with E-state index in [0.29, 0.717) is 16.7 Å². The van der Waals surface area contributed by atoms with Crippen molar-refractivity contribution in [1.29, 1.82) is 0 Å². The van der Waals surface area contributed by atoms with E-state index in [1.807, 2.05) is 44.2 Å². The highest BCUT2D eigenvalue weighted by Gasteiger charge is 2.30. The number of amides is 2. The lowest BCUT2D eigenvalue weighted by molar-refractivity contribution is -0.139. The second kappa shape index (κ2) is 11.5. The minimum absolute atomic E-state index is 0.184. The van der Waals surface area contributed by atoms with E-state index in [9.17, 15) is 18.0 Å². The molecular weight excluding hydrogens is 494 g/mol. The molecular formula is C23H30BrN3O4S. The summed E-state index contributed by atoms with van der Waals surface area (Å²) in [6.45, 7) is 5.88. The number of carbonyl (C=O) groups is 2. The summed E-state index contributed by atoms with van der Waals surface area (Å²) in [4.78, 5) is 27.6. The number of rotatable bonds is 10. The molecule has 0 saturated carbocycles. The topological polar surface area (TPSA) is 86.8 Å². The number of carbonyl (C=O) groups excluding carboxylic acids is 2. The molecule has 0 aliphatic heterocycles. The van der Waals surface area contributed by atoms with E-state index in [4.69, 9.17) is 0 Å². The van der Waals surface area contributed by atoms with E-state index in [0.717, 1.165) is 16.1 Å². The summed E-state index contributed by atoms with van der Waals surface area (Å²) < 4.78 is 26.7. The molecule has 0 aromatic heterocycles. The lowest BCUT2D eigenvalue weighted by Gasteiger charge is -2.31. The SMILES string of the molecule is CC(C)CNC(=O)[C@H](C)N(Cc1ccccc1)C(=O)CN(c1ccccc1Br)S(C)(=O)=O. The highest BCUT2D eigenvalue weighted by molar-refractivity contribution is 9.10. The van der Waals surface area contributed by atoms with Gasteiger partial charge in [-0.15, -0.1) is 0 Å². The van der Waals surface area contributed by atoms with Gasteiger partial charge in [-0.05, 0) is 46.5 Å². The van der Waals surface area contributed by atoms with E-state index in [2.05, 4.69) is 21.2 Å². The number of nitrogens with one attached hydrogen (secondary N) is 1. The Morgan fingerprint density at radius 3 is 2.16 bits per heavy atom. The summed E-state index contributed by atoms with van der Waals surface area (Å²) in [5, 5.41) is 2.86. The standard InChI is InChI=1S/C23H30BrN3O4S/c1-17(2)14-25-23(29)18(3)26(15-19-10-6-5-7-11-19)22(28)16-27(32(4,30)31)21-13-9-8-12-20(21)24/h5-13,17-18H,14-16H2,1-4H3,(H,25,29)/t18-/m0/s1. The van der Waals surface area contributed by atoms with Crippen LogP contribution in [0.1, 0.15) is 26.3 Å². The van der Waals surface area contributed by atoms with Crippen LogP contribution >= 0.6 is 15.9 Å². The zero-order valence-corrected chi connectivity index (χ0v) is 21.2. The van der Waals surface area contributed by atoms with Gasteiger partial charge in [0.2, 0.25) is 21.8 Å². The van der Waals surface area contributed by atoms with Gasteiger partial charge in [0, 0.05) is 17.6 Å². The quantitative estimate of drug-likeness (QED) is 0.516. The van der Waals surface area contributed by atoms with E-state index in [1.54, 1.807) is 31.2 Å². The molecule has 2 aromatic carbocycles. The van der Waals surface area contributed by atoms with Crippen LogP contribution in [0.25, 0.3) is 0 Å². The van der Waals surface area contributed by atoms with E-state index in [-0.39, 0.29) is 18.4 Å². The van der Waals surface area contributed by atoms with Crippen LogP contribution in [0.5, 0.6) is 0 Å². The van der Waals surface area contributed by atoms with Crippen LogP contribution in [0.2, 0.25) is 0 Å². The molecule has 0 unspecified atom stereocenters. The summed E-state index contributed by atoms with van der Waals surface area (Å²) >= 11 is 3.36. The third-order valence-corrected chi connectivity index (χ3v) is 6.64. The fraction of sp³-hybridized carbons (Fsp3) is 0.391. The molecule has 9 heteroatoms. The Bertz CT molecular complexity index is 1030. The Labute approximate surface area is 199 Å². The smallest absolute Gasteiger partial charge is 0.244 e. The minimum Gasteiger partial charge on any atom is -0.354 e. The van der Waals surface area contributed by atoms with Gasteiger partial charge in [-0.3, -0.25) is 13.9 Å². The van der Waals surface area contributed by atoms with Crippen molar-refractivity contribution in [3.63, 3.8) is 0 Å². The molecule has 0 aliphatic carbocycles. The number of para-hydroxylation sites is 1. The highest BCUT2D eigenvalue weighted by Crippen LogP contribution is 2.28. The first-order valence-electron chi connectivity index (χ1n) is 10.3. The minimum atomic E-state index is -3.75. The number of sulfonamides is 1. The maximum atomic E-state index is 13.4. The fourth-order valence-electron chi connectivity index (χ4n) is 3.06. The lowest BCUT2D eigenvalue weighted by Crippen LogP contribution is -2.51. The summed E-state index contributed by atoms with van der Waals surface area (Å²) in [6.07, 6.45) is 1.06. The van der Waals surface area contributed by atoms with Gasteiger partial charge in [0.05, 0.1) is 11.9 Å². The van der Waals surface area contributed by atoms with E-state index >= 15 is 0 Å². The van der Waals surface area contributed by atoms with Crippen molar-refractivity contribution in [2.24, 2.45) is 5.92 Å². The van der Waals surface area contributed by atoms with Crippen molar-refractivity contribution in [3.05, 3.63) is 64.6 Å². The van der Waals surface area contributed by atoms with Crippen molar-refractivity contribution in [3.8, 4) is 0 Å². The van der Waals surface area contributed by atoms with E-state index < -0.39 is 28.5 Å². The van der Waals surface area contributed by atoms with Crippen LogP contribution in [0.3, 0.4) is 0 Å². The second-order valence-electron chi connectivity index (χ2n) is 8.04. The van der Waals surface area contributed by atoms with Crippen LogP contribution in [-0.4, -0.2) is 50.5 Å². The van der Waals surface area contributed by atoms with Gasteiger partial charge in [-0.2, -0.15) is 0 Å².